The second-order valence-electron chi connectivity index (χ2n) is 3.82. The van der Waals surface area contributed by atoms with Crippen molar-refractivity contribution in [1.82, 2.24) is 10.3 Å². The fourth-order valence-corrected chi connectivity index (χ4v) is 1.71. The maximum atomic E-state index is 11.2. The van der Waals surface area contributed by atoms with E-state index < -0.39 is 4.92 Å². The van der Waals surface area contributed by atoms with E-state index in [1.807, 2.05) is 0 Å². The molecule has 0 bridgehead atoms. The molecule has 1 amide bonds. The summed E-state index contributed by atoms with van der Waals surface area (Å²) in [6, 6.07) is 7.04. The molecule has 7 heteroatoms. The molecule has 19 heavy (non-hydrogen) atoms. The van der Waals surface area contributed by atoms with Crippen LogP contribution in [-0.4, -0.2) is 29.4 Å². The van der Waals surface area contributed by atoms with Gasteiger partial charge in [-0.15, -0.1) is 0 Å². The highest BCUT2D eigenvalue weighted by atomic mass is 16.6. The number of rotatable bonds is 4. The summed E-state index contributed by atoms with van der Waals surface area (Å²) < 4.78 is 0. The first kappa shape index (κ1) is 12.7. The Kier molecular flexibility index (Phi) is 3.56. The van der Waals surface area contributed by atoms with Crippen molar-refractivity contribution in [2.45, 2.75) is 0 Å². The van der Waals surface area contributed by atoms with Crippen molar-refractivity contribution in [3.05, 3.63) is 40.6 Å². The Labute approximate surface area is 108 Å². The predicted molar refractivity (Wildman–Crippen MR) is 71.0 cm³/mol. The van der Waals surface area contributed by atoms with Gasteiger partial charge in [-0.05, 0) is 6.07 Å². The van der Waals surface area contributed by atoms with Gasteiger partial charge in [0, 0.05) is 12.4 Å². The summed E-state index contributed by atoms with van der Waals surface area (Å²) >= 11 is 0. The molecular weight excluding hydrogens is 248 g/mol. The van der Waals surface area contributed by atoms with Gasteiger partial charge in [-0.1, -0.05) is 18.2 Å². The van der Waals surface area contributed by atoms with Crippen molar-refractivity contribution in [2.24, 2.45) is 0 Å². The van der Waals surface area contributed by atoms with Crippen LogP contribution in [0.2, 0.25) is 0 Å². The lowest BCUT2D eigenvalue weighted by Crippen LogP contribution is -2.26. The number of para-hydroxylation sites is 1. The van der Waals surface area contributed by atoms with E-state index in [4.69, 9.17) is 0 Å². The number of likely N-dealkylation sites (N-methyl/N-ethyl adjacent to an activating group) is 1. The van der Waals surface area contributed by atoms with E-state index in [2.05, 4.69) is 15.6 Å². The Morgan fingerprint density at radius 3 is 2.84 bits per heavy atom. The molecule has 98 valence electrons. The molecule has 2 N–H and O–H groups in total. The fourth-order valence-electron chi connectivity index (χ4n) is 1.71. The summed E-state index contributed by atoms with van der Waals surface area (Å²) in [7, 11) is 1.50. The molecule has 2 aromatic rings. The number of fused-ring (bicyclic) bond motifs is 1. The van der Waals surface area contributed by atoms with Crippen molar-refractivity contribution in [1.29, 1.82) is 0 Å². The van der Waals surface area contributed by atoms with E-state index >= 15 is 0 Å². The predicted octanol–water partition coefficient (Wildman–Crippen LogP) is 1.30. The number of nitrogens with one attached hydrogen (secondary N) is 2. The first-order valence-electron chi connectivity index (χ1n) is 5.60. The molecule has 1 heterocycles. The van der Waals surface area contributed by atoms with Crippen molar-refractivity contribution in [3.8, 4) is 0 Å². The van der Waals surface area contributed by atoms with Crippen LogP contribution in [-0.2, 0) is 4.79 Å². The zero-order valence-electron chi connectivity index (χ0n) is 10.2. The molecule has 0 atom stereocenters. The van der Waals surface area contributed by atoms with Crippen LogP contribution < -0.4 is 10.6 Å². The standard InChI is InChI=1S/C12H12N4O3/c1-13-11(17)7-15-12-8-4-2-3-5-9(8)14-6-10(12)16(18)19/h2-6H,7H2,1H3,(H,13,17)(H,14,15). The maximum absolute atomic E-state index is 11.2. The Balaban J connectivity index is 2.49. The fraction of sp³-hybridized carbons (Fsp3) is 0.167. The third-order valence-electron chi connectivity index (χ3n) is 2.66. The molecule has 1 aromatic heterocycles. The number of hydrogen-bond donors (Lipinski definition) is 2. The largest absolute Gasteiger partial charge is 0.370 e. The van der Waals surface area contributed by atoms with Crippen molar-refractivity contribution >= 4 is 28.2 Å². The van der Waals surface area contributed by atoms with Crippen molar-refractivity contribution in [3.63, 3.8) is 0 Å². The average molecular weight is 260 g/mol. The van der Waals surface area contributed by atoms with Gasteiger partial charge in [-0.2, -0.15) is 0 Å². The van der Waals surface area contributed by atoms with E-state index in [9.17, 15) is 14.9 Å². The van der Waals surface area contributed by atoms with Crippen molar-refractivity contribution < 1.29 is 9.72 Å². The number of amides is 1. The van der Waals surface area contributed by atoms with Gasteiger partial charge in [0.15, 0.2) is 0 Å². The number of nitrogens with zero attached hydrogens (tertiary/aromatic N) is 2. The quantitative estimate of drug-likeness (QED) is 0.638. The molecule has 0 radical (unpaired) electrons. The van der Waals surface area contributed by atoms with Gasteiger partial charge in [0.05, 0.1) is 17.0 Å². The lowest BCUT2D eigenvalue weighted by molar-refractivity contribution is -0.384. The van der Waals surface area contributed by atoms with Crippen LogP contribution in [0.3, 0.4) is 0 Å². The number of anilines is 1. The Bertz CT molecular complexity index is 642. The summed E-state index contributed by atoms with van der Waals surface area (Å²) in [6.07, 6.45) is 1.19. The monoisotopic (exact) mass is 260 g/mol. The zero-order valence-corrected chi connectivity index (χ0v) is 10.2. The SMILES string of the molecule is CNC(=O)CNc1c([N+](=O)[O-])cnc2ccccc12. The average Bonchev–Trinajstić information content (AvgIpc) is 2.43. The minimum Gasteiger partial charge on any atom is -0.370 e. The molecule has 0 saturated carbocycles. The van der Waals surface area contributed by atoms with Crippen molar-refractivity contribution in [2.75, 3.05) is 18.9 Å². The lowest BCUT2D eigenvalue weighted by atomic mass is 10.1. The summed E-state index contributed by atoms with van der Waals surface area (Å²) in [6.45, 7) is -0.0364. The van der Waals surface area contributed by atoms with Crippen LogP contribution in [0.15, 0.2) is 30.5 Å². The highest BCUT2D eigenvalue weighted by Crippen LogP contribution is 2.30. The molecule has 0 aliphatic rings. The van der Waals surface area contributed by atoms with Gasteiger partial charge < -0.3 is 10.6 Å². The lowest BCUT2D eigenvalue weighted by Gasteiger charge is -2.09. The molecule has 1 aromatic carbocycles. The topological polar surface area (TPSA) is 97.2 Å². The van der Waals surface area contributed by atoms with Gasteiger partial charge in [0.25, 0.3) is 0 Å². The molecule has 0 unspecified atom stereocenters. The molecule has 7 nitrogen and oxygen atoms in total. The van der Waals surface area contributed by atoms with E-state index in [0.717, 1.165) is 0 Å². The Morgan fingerprint density at radius 1 is 1.42 bits per heavy atom. The van der Waals surface area contributed by atoms with Gasteiger partial charge in [0.2, 0.25) is 5.91 Å². The van der Waals surface area contributed by atoms with Gasteiger partial charge in [-0.3, -0.25) is 14.9 Å². The zero-order chi connectivity index (χ0) is 13.8. The van der Waals surface area contributed by atoms with E-state index in [-0.39, 0.29) is 18.1 Å². The summed E-state index contributed by atoms with van der Waals surface area (Å²) in [5.74, 6) is -0.254. The van der Waals surface area contributed by atoms with E-state index in [1.165, 1.54) is 13.2 Å². The molecule has 0 fully saturated rings. The second kappa shape index (κ2) is 5.30. The van der Waals surface area contributed by atoms with Crippen LogP contribution in [0.4, 0.5) is 11.4 Å². The molecule has 2 rings (SSSR count). The third-order valence-corrected chi connectivity index (χ3v) is 2.66. The van der Waals surface area contributed by atoms with E-state index in [1.54, 1.807) is 24.3 Å². The molecular formula is C12H12N4O3. The first-order valence-corrected chi connectivity index (χ1v) is 5.60. The van der Waals surface area contributed by atoms with Crippen LogP contribution in [0, 0.1) is 10.1 Å². The number of carbonyl (C=O) groups is 1. The van der Waals surface area contributed by atoms with Gasteiger partial charge in [-0.25, -0.2) is 4.98 Å². The van der Waals surface area contributed by atoms with Gasteiger partial charge in [0.1, 0.15) is 11.9 Å². The molecule has 0 aliphatic heterocycles. The highest BCUT2D eigenvalue weighted by Gasteiger charge is 2.18. The van der Waals surface area contributed by atoms with E-state index in [0.29, 0.717) is 16.6 Å². The number of nitro groups is 1. The minimum absolute atomic E-state index is 0.0364. The summed E-state index contributed by atoms with van der Waals surface area (Å²) in [5, 5.41) is 16.9. The Morgan fingerprint density at radius 2 is 2.16 bits per heavy atom. The highest BCUT2D eigenvalue weighted by molar-refractivity contribution is 5.97. The number of aromatic nitrogens is 1. The number of pyridine rings is 1. The third kappa shape index (κ3) is 2.59. The summed E-state index contributed by atoms with van der Waals surface area (Å²) in [4.78, 5) is 25.8. The Hall–Kier alpha value is -2.70. The van der Waals surface area contributed by atoms with Crippen LogP contribution in [0.5, 0.6) is 0 Å². The number of benzene rings is 1. The molecule has 0 spiro atoms. The van der Waals surface area contributed by atoms with Crippen LogP contribution in [0.25, 0.3) is 10.9 Å². The smallest absolute Gasteiger partial charge is 0.311 e. The van der Waals surface area contributed by atoms with Gasteiger partial charge >= 0.3 is 5.69 Å². The molecule has 0 saturated heterocycles. The minimum atomic E-state index is -0.522. The molecule has 0 aliphatic carbocycles. The maximum Gasteiger partial charge on any atom is 0.311 e. The van der Waals surface area contributed by atoms with Crippen LogP contribution in [0.1, 0.15) is 0 Å². The second-order valence-corrected chi connectivity index (χ2v) is 3.82. The number of carbonyl (C=O) groups excluding carboxylic acids is 1. The first-order chi connectivity index (χ1) is 9.13. The normalized spacial score (nSPS) is 10.2. The number of hydrogen-bond acceptors (Lipinski definition) is 5. The summed E-state index contributed by atoms with van der Waals surface area (Å²) in [5.41, 5.74) is 0.786. The van der Waals surface area contributed by atoms with Crippen LogP contribution >= 0.6 is 0 Å².